The molecule has 1 aliphatic heterocycles. The summed E-state index contributed by atoms with van der Waals surface area (Å²) in [6.45, 7) is 2.67. The number of rotatable bonds is 4. The van der Waals surface area contributed by atoms with Crippen LogP contribution in [0.3, 0.4) is 0 Å². The molecule has 0 bridgehead atoms. The number of nitrogens with zero attached hydrogens (tertiary/aromatic N) is 1. The maximum absolute atomic E-state index is 12.6. The Bertz CT molecular complexity index is 565. The molecule has 20 heavy (non-hydrogen) atoms. The van der Waals surface area contributed by atoms with Gasteiger partial charge in [-0.25, -0.2) is 4.79 Å². The molecule has 2 aliphatic rings. The number of ether oxygens (including phenoxy) is 1. The molecule has 1 amide bonds. The van der Waals surface area contributed by atoms with Gasteiger partial charge in [0.05, 0.1) is 13.2 Å². The molecule has 1 saturated carbocycles. The van der Waals surface area contributed by atoms with Gasteiger partial charge < -0.3 is 14.7 Å². The van der Waals surface area contributed by atoms with Crippen LogP contribution >= 0.6 is 0 Å². The molecular weight excluding hydrogens is 258 g/mol. The van der Waals surface area contributed by atoms with Crippen molar-refractivity contribution < 1.29 is 19.4 Å². The molecule has 1 aromatic rings. The van der Waals surface area contributed by atoms with Crippen molar-refractivity contribution in [2.24, 2.45) is 0 Å². The second kappa shape index (κ2) is 4.90. The zero-order valence-electron chi connectivity index (χ0n) is 11.3. The number of aliphatic carboxylic acids is 1. The molecule has 0 spiro atoms. The summed E-state index contributed by atoms with van der Waals surface area (Å²) in [7, 11) is 0. The van der Waals surface area contributed by atoms with E-state index >= 15 is 0 Å². The van der Waals surface area contributed by atoms with Gasteiger partial charge in [0.25, 0.3) is 5.91 Å². The third kappa shape index (κ3) is 2.29. The van der Waals surface area contributed by atoms with E-state index in [0.29, 0.717) is 18.8 Å². The lowest BCUT2D eigenvalue weighted by Gasteiger charge is -2.26. The average molecular weight is 275 g/mol. The van der Waals surface area contributed by atoms with Gasteiger partial charge >= 0.3 is 5.97 Å². The summed E-state index contributed by atoms with van der Waals surface area (Å²) in [5.41, 5.74) is 2.68. The monoisotopic (exact) mass is 275 g/mol. The van der Waals surface area contributed by atoms with E-state index in [1.54, 1.807) is 13.0 Å². The van der Waals surface area contributed by atoms with Crippen LogP contribution in [0.4, 0.5) is 0 Å². The van der Waals surface area contributed by atoms with Gasteiger partial charge in [0.1, 0.15) is 6.04 Å². The number of hydrogen-bond donors (Lipinski definition) is 1. The van der Waals surface area contributed by atoms with Gasteiger partial charge in [0, 0.05) is 11.6 Å². The SMILES string of the molecule is CC(C(=O)O)N(C(=O)c1ccc2c(c1)COC2)C1CC1. The van der Waals surface area contributed by atoms with Crippen LogP contribution in [0.2, 0.25) is 0 Å². The molecule has 1 N–H and O–H groups in total. The fourth-order valence-electron chi connectivity index (χ4n) is 2.58. The second-order valence-corrected chi connectivity index (χ2v) is 5.43. The molecule has 1 aromatic carbocycles. The van der Waals surface area contributed by atoms with Crippen LogP contribution in [0.5, 0.6) is 0 Å². The highest BCUT2D eigenvalue weighted by molar-refractivity contribution is 5.97. The molecule has 5 heteroatoms. The van der Waals surface area contributed by atoms with Crippen LogP contribution in [-0.2, 0) is 22.7 Å². The first kappa shape index (κ1) is 13.1. The summed E-state index contributed by atoms with van der Waals surface area (Å²) in [5, 5.41) is 9.17. The Balaban J connectivity index is 1.88. The number of carboxylic acid groups (broad SMARTS) is 1. The third-order valence-electron chi connectivity index (χ3n) is 3.92. The highest BCUT2D eigenvalue weighted by Crippen LogP contribution is 2.31. The van der Waals surface area contributed by atoms with Crippen molar-refractivity contribution in [3.05, 3.63) is 34.9 Å². The van der Waals surface area contributed by atoms with Gasteiger partial charge in [0.15, 0.2) is 0 Å². The standard InChI is InChI=1S/C15H17NO4/c1-9(15(18)19)16(13-4-5-13)14(17)10-2-3-11-7-20-8-12(11)6-10/h2-3,6,9,13H,4-5,7-8H2,1H3,(H,18,19). The van der Waals surface area contributed by atoms with Crippen molar-refractivity contribution in [3.8, 4) is 0 Å². The van der Waals surface area contributed by atoms with Crippen LogP contribution in [0.15, 0.2) is 18.2 Å². The molecule has 1 fully saturated rings. The second-order valence-electron chi connectivity index (χ2n) is 5.43. The minimum Gasteiger partial charge on any atom is -0.480 e. The minimum absolute atomic E-state index is 0.0677. The van der Waals surface area contributed by atoms with Gasteiger partial charge in [-0.15, -0.1) is 0 Å². The third-order valence-corrected chi connectivity index (χ3v) is 3.92. The quantitative estimate of drug-likeness (QED) is 0.909. The molecule has 1 heterocycles. The fourth-order valence-corrected chi connectivity index (χ4v) is 2.58. The summed E-state index contributed by atoms with van der Waals surface area (Å²) in [4.78, 5) is 25.3. The average Bonchev–Trinajstić information content (AvgIpc) is 3.14. The van der Waals surface area contributed by atoms with Crippen molar-refractivity contribution in [2.75, 3.05) is 0 Å². The lowest BCUT2D eigenvalue weighted by Crippen LogP contribution is -2.44. The molecule has 0 radical (unpaired) electrons. The van der Waals surface area contributed by atoms with Crippen molar-refractivity contribution in [3.63, 3.8) is 0 Å². The van der Waals surface area contributed by atoms with Gasteiger partial charge in [0.2, 0.25) is 0 Å². The summed E-state index contributed by atoms with van der Waals surface area (Å²) >= 11 is 0. The maximum atomic E-state index is 12.6. The first-order valence-corrected chi connectivity index (χ1v) is 6.83. The van der Waals surface area contributed by atoms with E-state index in [0.717, 1.165) is 24.0 Å². The Labute approximate surface area is 117 Å². The maximum Gasteiger partial charge on any atom is 0.326 e. The number of benzene rings is 1. The summed E-state index contributed by atoms with van der Waals surface area (Å²) in [5.74, 6) is -1.16. The van der Waals surface area contributed by atoms with E-state index in [1.165, 1.54) is 4.90 Å². The first-order valence-electron chi connectivity index (χ1n) is 6.83. The molecule has 1 unspecified atom stereocenters. The zero-order valence-corrected chi connectivity index (χ0v) is 11.3. The van der Waals surface area contributed by atoms with Crippen LogP contribution in [0.1, 0.15) is 41.3 Å². The van der Waals surface area contributed by atoms with Crippen molar-refractivity contribution >= 4 is 11.9 Å². The normalized spacial score (nSPS) is 18.4. The Morgan fingerprint density at radius 1 is 1.30 bits per heavy atom. The van der Waals surface area contributed by atoms with Gasteiger partial charge in [-0.1, -0.05) is 6.07 Å². The van der Waals surface area contributed by atoms with Gasteiger partial charge in [-0.3, -0.25) is 4.79 Å². The molecule has 106 valence electrons. The van der Waals surface area contributed by atoms with E-state index in [4.69, 9.17) is 9.84 Å². The molecule has 5 nitrogen and oxygen atoms in total. The lowest BCUT2D eigenvalue weighted by atomic mass is 10.0. The predicted octanol–water partition coefficient (Wildman–Crippen LogP) is 1.79. The molecular formula is C15H17NO4. The van der Waals surface area contributed by atoms with Crippen LogP contribution in [0, 0.1) is 0 Å². The largest absolute Gasteiger partial charge is 0.480 e. The Kier molecular flexibility index (Phi) is 3.22. The molecule has 0 saturated heterocycles. The van der Waals surface area contributed by atoms with Crippen LogP contribution in [0.25, 0.3) is 0 Å². The first-order chi connectivity index (χ1) is 9.58. The summed E-state index contributed by atoms with van der Waals surface area (Å²) < 4.78 is 5.34. The van der Waals surface area contributed by atoms with E-state index < -0.39 is 12.0 Å². The Morgan fingerprint density at radius 3 is 2.65 bits per heavy atom. The summed E-state index contributed by atoms with van der Waals surface area (Å²) in [6.07, 6.45) is 1.77. The highest BCUT2D eigenvalue weighted by atomic mass is 16.5. The smallest absolute Gasteiger partial charge is 0.326 e. The van der Waals surface area contributed by atoms with E-state index in [-0.39, 0.29) is 11.9 Å². The van der Waals surface area contributed by atoms with E-state index in [9.17, 15) is 9.59 Å². The molecule has 3 rings (SSSR count). The molecule has 1 atom stereocenters. The highest BCUT2D eigenvalue weighted by Gasteiger charge is 2.38. The lowest BCUT2D eigenvalue weighted by molar-refractivity contribution is -0.141. The van der Waals surface area contributed by atoms with Crippen LogP contribution < -0.4 is 0 Å². The zero-order chi connectivity index (χ0) is 14.3. The van der Waals surface area contributed by atoms with Crippen molar-refractivity contribution in [1.29, 1.82) is 0 Å². The number of carbonyl (C=O) groups excluding carboxylic acids is 1. The van der Waals surface area contributed by atoms with Gasteiger partial charge in [-0.2, -0.15) is 0 Å². The Morgan fingerprint density at radius 2 is 2.00 bits per heavy atom. The number of hydrogen-bond acceptors (Lipinski definition) is 3. The molecule has 0 aromatic heterocycles. The van der Waals surface area contributed by atoms with E-state index in [1.807, 2.05) is 12.1 Å². The summed E-state index contributed by atoms with van der Waals surface area (Å²) in [6, 6.07) is 4.76. The van der Waals surface area contributed by atoms with E-state index in [2.05, 4.69) is 0 Å². The number of fused-ring (bicyclic) bond motifs is 1. The number of carbonyl (C=O) groups is 2. The van der Waals surface area contributed by atoms with Crippen molar-refractivity contribution in [1.82, 2.24) is 4.90 Å². The Hall–Kier alpha value is -1.88. The van der Waals surface area contributed by atoms with Gasteiger partial charge in [-0.05, 0) is 43.0 Å². The minimum atomic E-state index is -0.963. The topological polar surface area (TPSA) is 66.8 Å². The fraction of sp³-hybridized carbons (Fsp3) is 0.467. The number of carboxylic acids is 1. The molecule has 1 aliphatic carbocycles. The number of amides is 1. The van der Waals surface area contributed by atoms with Crippen molar-refractivity contribution in [2.45, 2.75) is 45.1 Å². The van der Waals surface area contributed by atoms with Crippen LogP contribution in [-0.4, -0.2) is 34.0 Å². The predicted molar refractivity (Wildman–Crippen MR) is 71.2 cm³/mol.